The Labute approximate surface area is 315 Å². The normalized spacial score (nSPS) is 12.6. The molecular weight excluding hydrogens is 649 g/mol. The first-order valence-corrected chi connectivity index (χ1v) is 18.7. The SMILES string of the molecule is [2H]c1c(-c2ccc3ccc4cccc5ccc2c3c45)c([2H])c(-c2ccc3ccc4cccc5ccc2c3c45)c(-c2ccc3ccccc3c2)c1-c1ccccc1. The van der Waals surface area contributed by atoms with Crippen LogP contribution in [0.15, 0.2) is 194 Å². The van der Waals surface area contributed by atoms with Crippen molar-refractivity contribution in [3.05, 3.63) is 194 Å². The van der Waals surface area contributed by atoms with Gasteiger partial charge >= 0.3 is 0 Å². The summed E-state index contributed by atoms with van der Waals surface area (Å²) in [5.74, 6) is 0. The third kappa shape index (κ3) is 4.26. The van der Waals surface area contributed by atoms with Crippen molar-refractivity contribution >= 4 is 75.4 Å². The van der Waals surface area contributed by atoms with Gasteiger partial charge in [-0.15, -0.1) is 0 Å². The molecule has 0 heterocycles. The van der Waals surface area contributed by atoms with Crippen LogP contribution in [0.1, 0.15) is 2.74 Å². The first-order chi connectivity index (χ1) is 27.6. The van der Waals surface area contributed by atoms with Crippen molar-refractivity contribution in [3.63, 3.8) is 0 Å². The fourth-order valence-electron chi connectivity index (χ4n) is 9.23. The lowest BCUT2D eigenvalue weighted by molar-refractivity contribution is 1.57. The Morgan fingerprint density at radius 1 is 0.259 bits per heavy atom. The molecule has 12 aromatic rings. The lowest BCUT2D eigenvalue weighted by Gasteiger charge is -2.22. The van der Waals surface area contributed by atoms with Crippen molar-refractivity contribution in [2.45, 2.75) is 0 Å². The van der Waals surface area contributed by atoms with Crippen LogP contribution in [-0.4, -0.2) is 0 Å². The molecule has 54 heavy (non-hydrogen) atoms. The average Bonchev–Trinajstić information content (AvgIpc) is 3.25. The highest BCUT2D eigenvalue weighted by atomic mass is 14.2. The van der Waals surface area contributed by atoms with Gasteiger partial charge in [-0.05, 0) is 138 Å². The summed E-state index contributed by atoms with van der Waals surface area (Å²) in [6.45, 7) is 0. The van der Waals surface area contributed by atoms with Gasteiger partial charge in [-0.2, -0.15) is 0 Å². The summed E-state index contributed by atoms with van der Waals surface area (Å²) < 4.78 is 20.8. The average molecular weight is 683 g/mol. The molecule has 0 heteroatoms. The second-order valence-electron chi connectivity index (χ2n) is 14.6. The number of fused-ring (bicyclic) bond motifs is 1. The molecule has 12 rings (SSSR count). The maximum Gasteiger partial charge on any atom is 0.0636 e. The van der Waals surface area contributed by atoms with Gasteiger partial charge in [0.2, 0.25) is 0 Å². The van der Waals surface area contributed by atoms with E-state index in [0.29, 0.717) is 17.6 Å². The second-order valence-corrected chi connectivity index (χ2v) is 14.6. The molecule has 0 unspecified atom stereocenters. The van der Waals surface area contributed by atoms with Crippen LogP contribution in [0.25, 0.3) is 120 Å². The molecule has 0 saturated carbocycles. The Morgan fingerprint density at radius 3 is 1.37 bits per heavy atom. The lowest BCUT2D eigenvalue weighted by atomic mass is 9.81. The third-order valence-electron chi connectivity index (χ3n) is 11.7. The van der Waals surface area contributed by atoms with Crippen LogP contribution in [0.3, 0.4) is 0 Å². The molecule has 12 aromatic carbocycles. The Balaban J connectivity index is 1.29. The predicted molar refractivity (Wildman–Crippen MR) is 233 cm³/mol. The summed E-state index contributed by atoms with van der Waals surface area (Å²) in [5.41, 5.74) is 7.09. The highest BCUT2D eigenvalue weighted by Crippen LogP contribution is 2.49. The number of benzene rings is 12. The molecule has 0 radical (unpaired) electrons. The van der Waals surface area contributed by atoms with Crippen LogP contribution in [-0.2, 0) is 0 Å². The van der Waals surface area contributed by atoms with Crippen molar-refractivity contribution in [1.82, 2.24) is 0 Å². The fraction of sp³-hybridized carbons (Fsp3) is 0. The van der Waals surface area contributed by atoms with E-state index in [1.165, 1.54) is 48.5 Å². The Bertz CT molecular complexity index is 3510. The molecule has 0 aromatic heterocycles. The van der Waals surface area contributed by atoms with Gasteiger partial charge in [0.05, 0.1) is 2.74 Å². The van der Waals surface area contributed by atoms with Crippen LogP contribution in [0.5, 0.6) is 0 Å². The zero-order valence-corrected chi connectivity index (χ0v) is 29.3. The van der Waals surface area contributed by atoms with Crippen molar-refractivity contribution in [2.24, 2.45) is 0 Å². The Kier molecular flexibility index (Phi) is 5.75. The van der Waals surface area contributed by atoms with Crippen LogP contribution < -0.4 is 0 Å². The third-order valence-corrected chi connectivity index (χ3v) is 11.7. The van der Waals surface area contributed by atoms with E-state index in [9.17, 15) is 2.74 Å². The maximum atomic E-state index is 10.5. The summed E-state index contributed by atoms with van der Waals surface area (Å²) in [5, 5.41) is 16.5. The van der Waals surface area contributed by atoms with Gasteiger partial charge in [-0.25, -0.2) is 0 Å². The minimum Gasteiger partial charge on any atom is -0.0622 e. The van der Waals surface area contributed by atoms with Crippen LogP contribution in [0, 0.1) is 0 Å². The first-order valence-electron chi connectivity index (χ1n) is 19.7. The van der Waals surface area contributed by atoms with E-state index in [1.807, 2.05) is 6.07 Å². The van der Waals surface area contributed by atoms with Gasteiger partial charge in [0, 0.05) is 0 Å². The molecule has 0 saturated heterocycles. The van der Waals surface area contributed by atoms with Crippen molar-refractivity contribution in [3.8, 4) is 44.5 Å². The highest BCUT2D eigenvalue weighted by molar-refractivity contribution is 6.27. The van der Waals surface area contributed by atoms with Gasteiger partial charge in [0.1, 0.15) is 0 Å². The number of rotatable bonds is 4. The highest BCUT2D eigenvalue weighted by Gasteiger charge is 2.22. The molecule has 248 valence electrons. The molecule has 0 bridgehead atoms. The molecule has 0 fully saturated rings. The second kappa shape index (κ2) is 11.2. The summed E-state index contributed by atoms with van der Waals surface area (Å²) >= 11 is 0. The zero-order valence-electron chi connectivity index (χ0n) is 31.3. The van der Waals surface area contributed by atoms with Gasteiger partial charge in [-0.3, -0.25) is 0 Å². The van der Waals surface area contributed by atoms with E-state index in [4.69, 9.17) is 0 Å². The summed E-state index contributed by atoms with van der Waals surface area (Å²) in [6.07, 6.45) is 0. The number of hydrogen-bond acceptors (Lipinski definition) is 0. The molecular formula is C54H32. The fourth-order valence-corrected chi connectivity index (χ4v) is 9.23. The predicted octanol–water partition coefficient (Wildman–Crippen LogP) is 15.3. The van der Waals surface area contributed by atoms with E-state index < -0.39 is 0 Å². The van der Waals surface area contributed by atoms with Crippen molar-refractivity contribution in [2.75, 3.05) is 0 Å². The van der Waals surface area contributed by atoms with Gasteiger partial charge in [0.15, 0.2) is 0 Å². The van der Waals surface area contributed by atoms with Gasteiger partial charge in [-0.1, -0.05) is 176 Å². The topological polar surface area (TPSA) is 0 Å². The lowest BCUT2D eigenvalue weighted by Crippen LogP contribution is -1.95. The molecule has 0 spiro atoms. The Hall–Kier alpha value is -7.02. The monoisotopic (exact) mass is 682 g/mol. The van der Waals surface area contributed by atoms with Crippen molar-refractivity contribution in [1.29, 1.82) is 0 Å². The minimum atomic E-state index is 0.362. The van der Waals surface area contributed by atoms with E-state index >= 15 is 0 Å². The maximum absolute atomic E-state index is 10.5. The van der Waals surface area contributed by atoms with E-state index in [0.717, 1.165) is 65.9 Å². The van der Waals surface area contributed by atoms with Crippen molar-refractivity contribution < 1.29 is 2.74 Å². The molecule has 0 nitrogen and oxygen atoms in total. The smallest absolute Gasteiger partial charge is 0.0622 e. The van der Waals surface area contributed by atoms with Gasteiger partial charge < -0.3 is 0 Å². The molecule has 0 aliphatic carbocycles. The van der Waals surface area contributed by atoms with Crippen LogP contribution >= 0.6 is 0 Å². The van der Waals surface area contributed by atoms with E-state index in [1.54, 1.807) is 0 Å². The molecule has 0 N–H and O–H groups in total. The summed E-state index contributed by atoms with van der Waals surface area (Å²) in [6, 6.07) is 65.6. The standard InChI is InChI=1S/C54H32/c1-2-9-34(10-3-1)48-31-43(44-26-22-39-19-17-35-12-6-14-37-24-28-46(44)53(39)50(35)37)32-49(52(48)42-21-16-33-8-4-5-11-41(33)30-42)45-27-23-40-20-18-36-13-7-15-38-25-29-47(45)54(40)51(36)38/h1-32H/i31D,32D. The zero-order chi connectivity index (χ0) is 37.1. The largest absolute Gasteiger partial charge is 0.0636 e. The number of hydrogen-bond donors (Lipinski definition) is 0. The summed E-state index contributed by atoms with van der Waals surface area (Å²) in [7, 11) is 0. The van der Waals surface area contributed by atoms with E-state index in [2.05, 4.69) is 176 Å². The van der Waals surface area contributed by atoms with Gasteiger partial charge in [0.25, 0.3) is 0 Å². The van der Waals surface area contributed by atoms with E-state index in [-0.39, 0.29) is 0 Å². The quantitative estimate of drug-likeness (QED) is 0.162. The Morgan fingerprint density at radius 2 is 0.722 bits per heavy atom. The summed E-state index contributed by atoms with van der Waals surface area (Å²) in [4.78, 5) is 0. The first kappa shape index (κ1) is 27.6. The molecule has 0 amide bonds. The van der Waals surface area contributed by atoms with Crippen LogP contribution in [0.2, 0.25) is 0 Å². The minimum absolute atomic E-state index is 0.362. The van der Waals surface area contributed by atoms with Crippen LogP contribution in [0.4, 0.5) is 0 Å². The molecule has 0 aliphatic heterocycles. The molecule has 0 aliphatic rings. The molecule has 0 atom stereocenters.